The molecular formula is C32H64N2O2. The molecule has 2 amide bonds. The van der Waals surface area contributed by atoms with Crippen LogP contribution in [0.2, 0.25) is 0 Å². The second-order valence-electron chi connectivity index (χ2n) is 11.0. The summed E-state index contributed by atoms with van der Waals surface area (Å²) in [6, 6.07) is 0. The Morgan fingerprint density at radius 2 is 0.833 bits per heavy atom. The summed E-state index contributed by atoms with van der Waals surface area (Å²) in [6.07, 6.45) is 22.8. The first-order chi connectivity index (χ1) is 17.5. The Labute approximate surface area is 226 Å². The zero-order valence-corrected chi connectivity index (χ0v) is 25.3. The quantitative estimate of drug-likeness (QED) is 0.109. The number of carbonyl (C=O) groups excluding carboxylic acids is 2. The van der Waals surface area contributed by atoms with Crippen LogP contribution in [0.3, 0.4) is 0 Å². The molecule has 0 saturated carbocycles. The van der Waals surface area contributed by atoms with Crippen LogP contribution in [0.4, 0.5) is 0 Å². The highest BCUT2D eigenvalue weighted by Gasteiger charge is 2.27. The van der Waals surface area contributed by atoms with Gasteiger partial charge in [0.2, 0.25) is 11.8 Å². The predicted octanol–water partition coefficient (Wildman–Crippen LogP) is 9.16. The van der Waals surface area contributed by atoms with E-state index in [1.54, 1.807) is 0 Å². The fraction of sp³-hybridized carbons (Fsp3) is 0.938. The Morgan fingerprint density at radius 1 is 0.472 bits per heavy atom. The van der Waals surface area contributed by atoms with Gasteiger partial charge in [0.05, 0.1) is 0 Å². The van der Waals surface area contributed by atoms with Crippen LogP contribution in [0.1, 0.15) is 163 Å². The fourth-order valence-corrected chi connectivity index (χ4v) is 4.88. The largest absolute Gasteiger partial charge is 0.343 e. The summed E-state index contributed by atoms with van der Waals surface area (Å²) >= 11 is 0. The Bertz CT molecular complexity index is 492. The SMILES string of the molecule is CCCCCCCCCCCCC(CC(=O)N(CCCC)CCCC)C(=O)N(CCCC)CCCC. The summed E-state index contributed by atoms with van der Waals surface area (Å²) in [5.41, 5.74) is 0. The third kappa shape index (κ3) is 18.2. The Hall–Kier alpha value is -1.06. The Kier molecular flexibility index (Phi) is 24.8. The average molecular weight is 509 g/mol. The van der Waals surface area contributed by atoms with E-state index in [1.165, 1.54) is 57.8 Å². The Morgan fingerprint density at radius 3 is 1.25 bits per heavy atom. The van der Waals surface area contributed by atoms with Crippen molar-refractivity contribution in [3.63, 3.8) is 0 Å². The van der Waals surface area contributed by atoms with E-state index in [4.69, 9.17) is 0 Å². The van der Waals surface area contributed by atoms with E-state index in [2.05, 4.69) is 39.5 Å². The zero-order valence-electron chi connectivity index (χ0n) is 25.3. The molecular weight excluding hydrogens is 444 g/mol. The number of unbranched alkanes of at least 4 members (excludes halogenated alkanes) is 13. The van der Waals surface area contributed by atoms with Crippen LogP contribution in [-0.2, 0) is 9.59 Å². The fourth-order valence-electron chi connectivity index (χ4n) is 4.88. The highest BCUT2D eigenvalue weighted by atomic mass is 16.2. The van der Waals surface area contributed by atoms with Crippen LogP contribution < -0.4 is 0 Å². The van der Waals surface area contributed by atoms with E-state index in [1.807, 2.05) is 4.90 Å². The van der Waals surface area contributed by atoms with Gasteiger partial charge in [0.15, 0.2) is 0 Å². The molecule has 1 atom stereocenters. The van der Waals surface area contributed by atoms with Crippen molar-refractivity contribution in [3.05, 3.63) is 0 Å². The number of amides is 2. The van der Waals surface area contributed by atoms with Crippen molar-refractivity contribution < 1.29 is 9.59 Å². The van der Waals surface area contributed by atoms with Crippen molar-refractivity contribution in [2.24, 2.45) is 5.92 Å². The van der Waals surface area contributed by atoms with Gasteiger partial charge >= 0.3 is 0 Å². The molecule has 4 heteroatoms. The number of hydrogen-bond donors (Lipinski definition) is 0. The summed E-state index contributed by atoms with van der Waals surface area (Å²) < 4.78 is 0. The first-order valence-electron chi connectivity index (χ1n) is 16.1. The summed E-state index contributed by atoms with van der Waals surface area (Å²) in [5, 5.41) is 0. The molecule has 0 bridgehead atoms. The molecule has 1 unspecified atom stereocenters. The van der Waals surface area contributed by atoms with Crippen molar-refractivity contribution in [2.75, 3.05) is 26.2 Å². The molecule has 0 aromatic rings. The van der Waals surface area contributed by atoms with Gasteiger partial charge in [-0.15, -0.1) is 0 Å². The van der Waals surface area contributed by atoms with E-state index >= 15 is 0 Å². The number of hydrogen-bond acceptors (Lipinski definition) is 2. The van der Waals surface area contributed by atoms with Gasteiger partial charge in [0, 0.05) is 38.5 Å². The van der Waals surface area contributed by atoms with Crippen LogP contribution in [-0.4, -0.2) is 47.8 Å². The van der Waals surface area contributed by atoms with Crippen molar-refractivity contribution >= 4 is 11.8 Å². The lowest BCUT2D eigenvalue weighted by Crippen LogP contribution is -2.41. The van der Waals surface area contributed by atoms with E-state index in [9.17, 15) is 9.59 Å². The predicted molar refractivity (Wildman–Crippen MR) is 157 cm³/mol. The Balaban J connectivity index is 5.00. The molecule has 0 fully saturated rings. The number of nitrogens with zero attached hydrogens (tertiary/aromatic N) is 2. The van der Waals surface area contributed by atoms with Crippen LogP contribution in [0.15, 0.2) is 0 Å². The van der Waals surface area contributed by atoms with Crippen LogP contribution in [0.5, 0.6) is 0 Å². The molecule has 0 N–H and O–H groups in total. The molecule has 0 aliphatic heterocycles. The van der Waals surface area contributed by atoms with Gasteiger partial charge in [-0.05, 0) is 32.1 Å². The van der Waals surface area contributed by atoms with Crippen molar-refractivity contribution in [2.45, 2.75) is 163 Å². The maximum absolute atomic E-state index is 13.7. The maximum Gasteiger partial charge on any atom is 0.226 e. The average Bonchev–Trinajstić information content (AvgIpc) is 2.88. The van der Waals surface area contributed by atoms with Gasteiger partial charge in [0.1, 0.15) is 0 Å². The van der Waals surface area contributed by atoms with Gasteiger partial charge in [-0.25, -0.2) is 0 Å². The minimum absolute atomic E-state index is 0.147. The molecule has 0 aliphatic rings. The first-order valence-corrected chi connectivity index (χ1v) is 16.1. The second kappa shape index (κ2) is 25.6. The van der Waals surface area contributed by atoms with Gasteiger partial charge in [-0.2, -0.15) is 0 Å². The molecule has 214 valence electrons. The standard InChI is InChI=1S/C32H64N2O2/c1-6-11-16-17-18-19-20-21-22-23-24-30(32(36)34(27-14-9-4)28-15-10-5)29-31(35)33(25-12-7-2)26-13-8-3/h30H,6-29H2,1-5H3. The van der Waals surface area contributed by atoms with E-state index < -0.39 is 0 Å². The highest BCUT2D eigenvalue weighted by molar-refractivity contribution is 5.86. The molecule has 0 saturated heterocycles. The molecule has 0 rings (SSSR count). The molecule has 0 aliphatic carbocycles. The van der Waals surface area contributed by atoms with Gasteiger partial charge < -0.3 is 9.80 Å². The third-order valence-corrected chi connectivity index (χ3v) is 7.47. The molecule has 0 radical (unpaired) electrons. The molecule has 4 nitrogen and oxygen atoms in total. The summed E-state index contributed by atoms with van der Waals surface area (Å²) in [5.74, 6) is 0.298. The monoisotopic (exact) mass is 508 g/mol. The van der Waals surface area contributed by atoms with Crippen molar-refractivity contribution in [1.82, 2.24) is 9.80 Å². The van der Waals surface area contributed by atoms with Crippen LogP contribution in [0, 0.1) is 5.92 Å². The smallest absolute Gasteiger partial charge is 0.226 e. The van der Waals surface area contributed by atoms with E-state index in [0.717, 1.165) is 90.4 Å². The van der Waals surface area contributed by atoms with Crippen LogP contribution in [0.25, 0.3) is 0 Å². The minimum atomic E-state index is -0.147. The second-order valence-corrected chi connectivity index (χ2v) is 11.0. The lowest BCUT2D eigenvalue weighted by Gasteiger charge is -2.29. The highest BCUT2D eigenvalue weighted by Crippen LogP contribution is 2.21. The molecule has 36 heavy (non-hydrogen) atoms. The molecule has 0 heterocycles. The summed E-state index contributed by atoms with van der Waals surface area (Å²) in [6.45, 7) is 14.4. The number of carbonyl (C=O) groups is 2. The lowest BCUT2D eigenvalue weighted by molar-refractivity contribution is -0.142. The zero-order chi connectivity index (χ0) is 26.9. The van der Waals surface area contributed by atoms with Gasteiger partial charge in [-0.1, -0.05) is 125 Å². The molecule has 0 aromatic heterocycles. The van der Waals surface area contributed by atoms with Crippen LogP contribution >= 0.6 is 0 Å². The van der Waals surface area contributed by atoms with Crippen molar-refractivity contribution in [3.8, 4) is 0 Å². The first kappa shape index (κ1) is 34.9. The topological polar surface area (TPSA) is 40.6 Å². The summed E-state index contributed by atoms with van der Waals surface area (Å²) in [7, 11) is 0. The third-order valence-electron chi connectivity index (χ3n) is 7.47. The van der Waals surface area contributed by atoms with E-state index in [0.29, 0.717) is 6.42 Å². The lowest BCUT2D eigenvalue weighted by atomic mass is 9.94. The van der Waals surface area contributed by atoms with Gasteiger partial charge in [0.25, 0.3) is 0 Å². The minimum Gasteiger partial charge on any atom is -0.343 e. The normalized spacial score (nSPS) is 12.0. The number of rotatable bonds is 26. The molecule has 0 aromatic carbocycles. The van der Waals surface area contributed by atoms with Crippen molar-refractivity contribution in [1.29, 1.82) is 0 Å². The molecule has 0 spiro atoms. The van der Waals surface area contributed by atoms with Gasteiger partial charge in [-0.3, -0.25) is 9.59 Å². The summed E-state index contributed by atoms with van der Waals surface area (Å²) in [4.78, 5) is 31.2. The van der Waals surface area contributed by atoms with E-state index in [-0.39, 0.29) is 17.7 Å². The maximum atomic E-state index is 13.7.